The molecule has 4 rings (SSSR count). The molecule has 1 aliphatic heterocycles. The predicted molar refractivity (Wildman–Crippen MR) is 130 cm³/mol. The van der Waals surface area contributed by atoms with Crippen LogP contribution in [-0.2, 0) is 13.1 Å². The second-order valence-electron chi connectivity index (χ2n) is 8.31. The normalized spacial score (nSPS) is 15.1. The number of rotatable bonds is 6. The third-order valence-corrected chi connectivity index (χ3v) is 6.50. The largest absolute Gasteiger partial charge is 0.497 e. The van der Waals surface area contributed by atoms with Crippen molar-refractivity contribution in [1.82, 2.24) is 10.2 Å². The number of urea groups is 1. The smallest absolute Gasteiger partial charge is 0.325 e. The van der Waals surface area contributed by atoms with Gasteiger partial charge in [-0.05, 0) is 54.4 Å². The molecular formula is C26H24ClF2N3O3. The van der Waals surface area contributed by atoms with E-state index in [9.17, 15) is 18.4 Å². The molecule has 1 N–H and O–H groups in total. The first-order chi connectivity index (χ1) is 16.7. The van der Waals surface area contributed by atoms with Gasteiger partial charge in [-0.25, -0.2) is 13.6 Å². The summed E-state index contributed by atoms with van der Waals surface area (Å²) >= 11 is 6.21. The van der Waals surface area contributed by atoms with E-state index in [0.717, 1.165) is 5.56 Å². The van der Waals surface area contributed by atoms with Gasteiger partial charge in [-0.1, -0.05) is 23.7 Å². The monoisotopic (exact) mass is 499 g/mol. The molecule has 35 heavy (non-hydrogen) atoms. The minimum atomic E-state index is -0.521. The van der Waals surface area contributed by atoms with Gasteiger partial charge in [0.2, 0.25) is 0 Å². The average molecular weight is 500 g/mol. The fourth-order valence-corrected chi connectivity index (χ4v) is 4.28. The quantitative estimate of drug-likeness (QED) is 0.474. The molecule has 6 nitrogen and oxygen atoms in total. The van der Waals surface area contributed by atoms with Crippen LogP contribution in [0.2, 0.25) is 5.02 Å². The third-order valence-electron chi connectivity index (χ3n) is 6.14. The highest BCUT2D eigenvalue weighted by Crippen LogP contribution is 2.38. The summed E-state index contributed by atoms with van der Waals surface area (Å²) in [6.07, 6.45) is 0. The number of amides is 3. The summed E-state index contributed by atoms with van der Waals surface area (Å²) < 4.78 is 33.3. The summed E-state index contributed by atoms with van der Waals surface area (Å²) in [6.45, 7) is 1.86. The van der Waals surface area contributed by atoms with E-state index >= 15 is 0 Å². The molecule has 0 aromatic heterocycles. The van der Waals surface area contributed by atoms with E-state index in [1.54, 1.807) is 42.3 Å². The molecule has 3 aromatic carbocycles. The van der Waals surface area contributed by atoms with Crippen molar-refractivity contribution in [3.63, 3.8) is 0 Å². The van der Waals surface area contributed by atoms with Crippen LogP contribution in [0.1, 0.15) is 40.0 Å². The number of fused-ring (bicyclic) bond motifs is 1. The molecule has 0 saturated heterocycles. The van der Waals surface area contributed by atoms with Gasteiger partial charge in [0.15, 0.2) is 0 Å². The van der Waals surface area contributed by atoms with Gasteiger partial charge in [0.05, 0.1) is 25.4 Å². The maximum atomic E-state index is 14.5. The lowest BCUT2D eigenvalue weighted by atomic mass is 9.98. The Balaban J connectivity index is 1.63. The number of methoxy groups -OCH3 is 1. The summed E-state index contributed by atoms with van der Waals surface area (Å²) in [5, 5.41) is 2.97. The predicted octanol–water partition coefficient (Wildman–Crippen LogP) is 5.69. The fourth-order valence-electron chi connectivity index (χ4n) is 4.06. The maximum absolute atomic E-state index is 14.5. The highest BCUT2D eigenvalue weighted by molar-refractivity contribution is 6.31. The van der Waals surface area contributed by atoms with Gasteiger partial charge in [0.1, 0.15) is 17.4 Å². The number of hydrogen-bond donors (Lipinski definition) is 1. The lowest BCUT2D eigenvalue weighted by molar-refractivity contribution is 0.0950. The second kappa shape index (κ2) is 9.92. The van der Waals surface area contributed by atoms with Crippen LogP contribution in [0.5, 0.6) is 5.75 Å². The highest BCUT2D eigenvalue weighted by atomic mass is 35.5. The lowest BCUT2D eigenvalue weighted by Crippen LogP contribution is -2.46. The average Bonchev–Trinajstić information content (AvgIpc) is 2.84. The number of nitrogens with zero attached hydrogens (tertiary/aromatic N) is 2. The van der Waals surface area contributed by atoms with Crippen molar-refractivity contribution in [3.05, 3.63) is 93.5 Å². The van der Waals surface area contributed by atoms with Gasteiger partial charge in [0, 0.05) is 35.8 Å². The van der Waals surface area contributed by atoms with Gasteiger partial charge in [-0.2, -0.15) is 0 Å². The molecule has 9 heteroatoms. The van der Waals surface area contributed by atoms with E-state index in [2.05, 4.69) is 5.32 Å². The van der Waals surface area contributed by atoms with E-state index in [1.165, 1.54) is 36.3 Å². The molecule has 182 valence electrons. The summed E-state index contributed by atoms with van der Waals surface area (Å²) in [5.41, 5.74) is 2.34. The number of carbonyl (C=O) groups is 2. The number of benzene rings is 3. The Morgan fingerprint density at radius 1 is 1.14 bits per heavy atom. The van der Waals surface area contributed by atoms with Crippen LogP contribution in [0.4, 0.5) is 19.3 Å². The van der Waals surface area contributed by atoms with E-state index in [1.807, 2.05) is 6.92 Å². The molecule has 3 aromatic rings. The van der Waals surface area contributed by atoms with Crippen LogP contribution in [0.3, 0.4) is 0 Å². The number of anilines is 1. The Morgan fingerprint density at radius 2 is 1.91 bits per heavy atom. The van der Waals surface area contributed by atoms with Crippen molar-refractivity contribution in [1.29, 1.82) is 0 Å². The number of nitrogens with one attached hydrogen (secondary N) is 1. The maximum Gasteiger partial charge on any atom is 0.325 e. The molecule has 3 amide bonds. The number of carbonyl (C=O) groups excluding carboxylic acids is 2. The van der Waals surface area contributed by atoms with Gasteiger partial charge in [-0.15, -0.1) is 0 Å². The van der Waals surface area contributed by atoms with Crippen molar-refractivity contribution in [3.8, 4) is 5.75 Å². The summed E-state index contributed by atoms with van der Waals surface area (Å²) in [4.78, 5) is 29.0. The first-order valence-electron chi connectivity index (χ1n) is 10.9. The molecule has 0 bridgehead atoms. The van der Waals surface area contributed by atoms with Gasteiger partial charge in [-0.3, -0.25) is 9.69 Å². The Labute approximate surface area is 207 Å². The number of hydrogen-bond acceptors (Lipinski definition) is 3. The van der Waals surface area contributed by atoms with E-state index in [4.69, 9.17) is 16.3 Å². The third kappa shape index (κ3) is 4.93. The van der Waals surface area contributed by atoms with E-state index < -0.39 is 17.5 Å². The van der Waals surface area contributed by atoms with Gasteiger partial charge < -0.3 is 15.0 Å². The lowest BCUT2D eigenvalue weighted by Gasteiger charge is -2.39. The number of ether oxygens (including phenoxy) is 1. The minimum Gasteiger partial charge on any atom is -0.497 e. The molecule has 0 spiro atoms. The van der Waals surface area contributed by atoms with Crippen LogP contribution in [0, 0.1) is 11.6 Å². The molecule has 1 heterocycles. The molecule has 1 atom stereocenters. The fraction of sp³-hybridized carbons (Fsp3) is 0.231. The summed E-state index contributed by atoms with van der Waals surface area (Å²) in [7, 11) is 3.10. The SMILES string of the molecule is COc1cc(F)cc(CNC(=O)c2ccc3c(c2)N(Cc2c(F)cccc2Cl)C(=O)N(C)[C@H]3C)c1. The zero-order chi connectivity index (χ0) is 25.3. The summed E-state index contributed by atoms with van der Waals surface area (Å²) in [5.74, 6) is -1.05. The molecule has 0 radical (unpaired) electrons. The zero-order valence-corrected chi connectivity index (χ0v) is 20.2. The van der Waals surface area contributed by atoms with Crippen molar-refractivity contribution < 1.29 is 23.1 Å². The van der Waals surface area contributed by atoms with E-state index in [-0.39, 0.29) is 35.7 Å². The Hall–Kier alpha value is -3.65. The van der Waals surface area contributed by atoms with Crippen molar-refractivity contribution in [2.75, 3.05) is 19.1 Å². The summed E-state index contributed by atoms with van der Waals surface area (Å²) in [6, 6.07) is 13.0. The first kappa shape index (κ1) is 24.5. The Bertz CT molecular complexity index is 1280. The molecule has 0 aliphatic carbocycles. The van der Waals surface area contributed by atoms with Crippen LogP contribution in [0.15, 0.2) is 54.6 Å². The van der Waals surface area contributed by atoms with Crippen molar-refractivity contribution in [2.45, 2.75) is 26.1 Å². The van der Waals surface area contributed by atoms with Crippen LogP contribution in [-0.4, -0.2) is 31.0 Å². The first-order valence-corrected chi connectivity index (χ1v) is 11.3. The standard InChI is InChI=1S/C26H24ClF2N3O3/c1-15-20-8-7-17(25(33)30-13-16-9-18(28)12-19(10-16)35-3)11-24(20)32(26(34)31(15)2)14-21-22(27)5-4-6-23(21)29/h4-12,15H,13-14H2,1-3H3,(H,30,33)/t15-/m0/s1. The molecule has 0 fully saturated rings. The van der Waals surface area contributed by atoms with Crippen LogP contribution >= 0.6 is 11.6 Å². The highest BCUT2D eigenvalue weighted by Gasteiger charge is 2.34. The van der Waals surface area contributed by atoms with Crippen LogP contribution in [0.25, 0.3) is 0 Å². The molecule has 0 unspecified atom stereocenters. The number of halogens is 3. The molecule has 1 aliphatic rings. The second-order valence-corrected chi connectivity index (χ2v) is 8.72. The minimum absolute atomic E-state index is 0.0800. The van der Waals surface area contributed by atoms with Gasteiger partial charge >= 0.3 is 6.03 Å². The molecular weight excluding hydrogens is 476 g/mol. The Kier molecular flexibility index (Phi) is 6.93. The Morgan fingerprint density at radius 3 is 2.63 bits per heavy atom. The topological polar surface area (TPSA) is 61.9 Å². The van der Waals surface area contributed by atoms with Crippen molar-refractivity contribution >= 4 is 29.2 Å². The van der Waals surface area contributed by atoms with Crippen LogP contribution < -0.4 is 15.0 Å². The van der Waals surface area contributed by atoms with Gasteiger partial charge in [0.25, 0.3) is 5.91 Å². The van der Waals surface area contributed by atoms with E-state index in [0.29, 0.717) is 22.6 Å². The zero-order valence-electron chi connectivity index (χ0n) is 19.4. The molecule has 0 saturated carbocycles. The van der Waals surface area contributed by atoms with Crippen molar-refractivity contribution in [2.24, 2.45) is 0 Å².